The molecule has 29 heavy (non-hydrogen) atoms. The average molecular weight is 397 g/mol. The number of ether oxygens (including phenoxy) is 1. The van der Waals surface area contributed by atoms with Gasteiger partial charge in [0, 0.05) is 6.42 Å². The smallest absolute Gasteiger partial charge is 0.338 e. The quantitative estimate of drug-likeness (QED) is 0.462. The van der Waals surface area contributed by atoms with Crippen LogP contribution in [0, 0.1) is 11.3 Å². The molecule has 1 aromatic carbocycles. The van der Waals surface area contributed by atoms with Crippen LogP contribution in [0.2, 0.25) is 0 Å². The molecule has 0 spiro atoms. The van der Waals surface area contributed by atoms with Gasteiger partial charge in [-0.05, 0) is 38.3 Å². The molecule has 2 atom stereocenters. The van der Waals surface area contributed by atoms with Gasteiger partial charge in [-0.2, -0.15) is 0 Å². The van der Waals surface area contributed by atoms with E-state index in [1.54, 1.807) is 50.4 Å². The highest BCUT2D eigenvalue weighted by Crippen LogP contribution is 2.32. The molecule has 0 bridgehead atoms. The Morgan fingerprint density at radius 2 is 1.90 bits per heavy atom. The highest BCUT2D eigenvalue weighted by Gasteiger charge is 2.42. The first-order valence-corrected chi connectivity index (χ1v) is 9.50. The number of carboxylic acid groups (broad SMARTS) is 1. The minimum absolute atomic E-state index is 0.187. The normalized spacial score (nSPS) is 14.2. The van der Waals surface area contributed by atoms with Gasteiger partial charge in [0.2, 0.25) is 0 Å². The number of oxazole rings is 1. The van der Waals surface area contributed by atoms with E-state index in [0.717, 1.165) is 5.76 Å². The molecule has 2 rings (SSSR count). The molecule has 6 nitrogen and oxygen atoms in total. The molecule has 2 aromatic rings. The van der Waals surface area contributed by atoms with E-state index in [9.17, 15) is 14.7 Å². The van der Waals surface area contributed by atoms with Crippen molar-refractivity contribution in [2.45, 2.75) is 39.7 Å². The molecule has 1 heterocycles. The number of nitrogens with zero attached hydrogens (tertiary/aromatic N) is 1. The minimum atomic E-state index is -1.22. The molecule has 0 amide bonds. The van der Waals surface area contributed by atoms with Crippen molar-refractivity contribution in [2.75, 3.05) is 0 Å². The number of aliphatic carboxylic acids is 1. The van der Waals surface area contributed by atoms with Crippen LogP contribution in [0.3, 0.4) is 0 Å². The van der Waals surface area contributed by atoms with Crippen molar-refractivity contribution in [2.24, 2.45) is 11.3 Å². The van der Waals surface area contributed by atoms with E-state index < -0.39 is 23.5 Å². The predicted molar refractivity (Wildman–Crippen MR) is 109 cm³/mol. The largest absolute Gasteiger partial charge is 0.481 e. The summed E-state index contributed by atoms with van der Waals surface area (Å²) in [7, 11) is 0. The molecule has 1 N–H and O–H groups in total. The molecule has 0 aliphatic rings. The Labute approximate surface area is 170 Å². The van der Waals surface area contributed by atoms with Gasteiger partial charge in [-0.25, -0.2) is 9.78 Å². The standard InChI is InChI=1S/C23H27NO5/c1-17(11-7-4-5-10-14-19-15-24-16-28-19)20(23(2,3)22(26)27)29-21(25)18-12-8-6-9-13-18/h4-10,12-13,15-17,20H,11,14H2,1-3H3,(H,26,27)/b7-4-,10-5+/t17?,20-/m1/s1. The summed E-state index contributed by atoms with van der Waals surface area (Å²) in [5.74, 6) is -0.939. The molecule has 0 aliphatic carbocycles. The summed E-state index contributed by atoms with van der Waals surface area (Å²) in [6.45, 7) is 5.04. The number of carbonyl (C=O) groups is 2. The second-order valence-electron chi connectivity index (χ2n) is 7.46. The van der Waals surface area contributed by atoms with Crippen LogP contribution in [0.25, 0.3) is 0 Å². The average Bonchev–Trinajstić information content (AvgIpc) is 3.22. The summed E-state index contributed by atoms with van der Waals surface area (Å²) in [5, 5.41) is 9.64. The summed E-state index contributed by atoms with van der Waals surface area (Å²) in [4.78, 5) is 28.1. The van der Waals surface area contributed by atoms with Gasteiger partial charge in [-0.3, -0.25) is 4.79 Å². The van der Waals surface area contributed by atoms with E-state index in [1.807, 2.05) is 31.2 Å². The summed E-state index contributed by atoms with van der Waals surface area (Å²) >= 11 is 0. The summed E-state index contributed by atoms with van der Waals surface area (Å²) in [5.41, 5.74) is -0.823. The second-order valence-corrected chi connectivity index (χ2v) is 7.46. The molecule has 154 valence electrons. The zero-order chi connectivity index (χ0) is 21.3. The predicted octanol–water partition coefficient (Wildman–Crippen LogP) is 4.69. The molecule has 1 aromatic heterocycles. The van der Waals surface area contributed by atoms with Crippen LogP contribution in [0.15, 0.2) is 71.6 Å². The first-order chi connectivity index (χ1) is 13.8. The van der Waals surface area contributed by atoms with Crippen LogP contribution < -0.4 is 0 Å². The fraction of sp³-hybridized carbons (Fsp3) is 0.348. The Morgan fingerprint density at radius 3 is 2.52 bits per heavy atom. The highest BCUT2D eigenvalue weighted by atomic mass is 16.5. The number of carboxylic acids is 1. The number of hydrogen-bond donors (Lipinski definition) is 1. The van der Waals surface area contributed by atoms with Crippen LogP contribution in [0.4, 0.5) is 0 Å². The molecule has 0 saturated carbocycles. The molecule has 1 unspecified atom stereocenters. The van der Waals surface area contributed by atoms with Gasteiger partial charge in [-0.1, -0.05) is 49.4 Å². The Bertz CT molecular complexity index is 837. The highest BCUT2D eigenvalue weighted by molar-refractivity contribution is 5.89. The topological polar surface area (TPSA) is 89.6 Å². The third-order valence-corrected chi connectivity index (χ3v) is 4.72. The maximum atomic E-state index is 12.5. The van der Waals surface area contributed by atoms with Crippen LogP contribution in [-0.4, -0.2) is 28.1 Å². The van der Waals surface area contributed by atoms with Crippen molar-refractivity contribution in [1.82, 2.24) is 4.98 Å². The minimum Gasteiger partial charge on any atom is -0.481 e. The molecular formula is C23H27NO5. The van der Waals surface area contributed by atoms with Gasteiger partial charge in [0.25, 0.3) is 0 Å². The van der Waals surface area contributed by atoms with Gasteiger partial charge in [0.15, 0.2) is 6.39 Å². The third kappa shape index (κ3) is 6.45. The summed E-state index contributed by atoms with van der Waals surface area (Å²) in [6, 6.07) is 8.59. The summed E-state index contributed by atoms with van der Waals surface area (Å²) < 4.78 is 10.8. The number of hydrogen-bond acceptors (Lipinski definition) is 5. The first-order valence-electron chi connectivity index (χ1n) is 9.50. The van der Waals surface area contributed by atoms with Crippen molar-refractivity contribution >= 4 is 11.9 Å². The number of rotatable bonds is 10. The molecule has 0 aliphatic heterocycles. The van der Waals surface area contributed by atoms with E-state index in [-0.39, 0.29) is 5.92 Å². The van der Waals surface area contributed by atoms with Gasteiger partial charge in [0.05, 0.1) is 17.2 Å². The second kappa shape index (κ2) is 10.4. The van der Waals surface area contributed by atoms with Gasteiger partial charge < -0.3 is 14.3 Å². The molecule has 0 fully saturated rings. The van der Waals surface area contributed by atoms with Crippen LogP contribution >= 0.6 is 0 Å². The van der Waals surface area contributed by atoms with Crippen molar-refractivity contribution in [3.05, 3.63) is 78.6 Å². The van der Waals surface area contributed by atoms with Gasteiger partial charge >= 0.3 is 11.9 Å². The number of benzene rings is 1. The van der Waals surface area contributed by atoms with Crippen molar-refractivity contribution in [3.63, 3.8) is 0 Å². The lowest BCUT2D eigenvalue weighted by Crippen LogP contribution is -2.44. The maximum Gasteiger partial charge on any atom is 0.338 e. The lowest BCUT2D eigenvalue weighted by Gasteiger charge is -2.34. The maximum absolute atomic E-state index is 12.5. The molecule has 0 saturated heterocycles. The lowest BCUT2D eigenvalue weighted by atomic mass is 9.78. The number of esters is 1. The lowest BCUT2D eigenvalue weighted by molar-refractivity contribution is -0.156. The van der Waals surface area contributed by atoms with E-state index in [2.05, 4.69) is 4.98 Å². The van der Waals surface area contributed by atoms with E-state index >= 15 is 0 Å². The fourth-order valence-electron chi connectivity index (χ4n) is 2.96. The van der Waals surface area contributed by atoms with Crippen molar-refractivity contribution < 1.29 is 23.8 Å². The van der Waals surface area contributed by atoms with Crippen LogP contribution in [0.1, 0.15) is 43.3 Å². The molecular weight excluding hydrogens is 370 g/mol. The molecule has 6 heteroatoms. The zero-order valence-electron chi connectivity index (χ0n) is 16.9. The van der Waals surface area contributed by atoms with E-state index in [0.29, 0.717) is 18.4 Å². The Morgan fingerprint density at radius 1 is 1.21 bits per heavy atom. The fourth-order valence-corrected chi connectivity index (χ4v) is 2.96. The van der Waals surface area contributed by atoms with Gasteiger partial charge in [-0.15, -0.1) is 0 Å². The van der Waals surface area contributed by atoms with Gasteiger partial charge in [0.1, 0.15) is 11.9 Å². The van der Waals surface area contributed by atoms with Crippen molar-refractivity contribution in [3.8, 4) is 0 Å². The number of carbonyl (C=O) groups excluding carboxylic acids is 1. The van der Waals surface area contributed by atoms with Crippen LogP contribution in [-0.2, 0) is 16.0 Å². The molecule has 0 radical (unpaired) electrons. The monoisotopic (exact) mass is 397 g/mol. The van der Waals surface area contributed by atoms with Crippen molar-refractivity contribution in [1.29, 1.82) is 0 Å². The SMILES string of the molecule is CC(C/C=C\C=C\Cc1cnco1)[C@@H](OC(=O)c1ccccc1)C(C)(C)C(=O)O. The van der Waals surface area contributed by atoms with E-state index in [4.69, 9.17) is 9.15 Å². The van der Waals surface area contributed by atoms with Crippen LogP contribution in [0.5, 0.6) is 0 Å². The summed E-state index contributed by atoms with van der Waals surface area (Å²) in [6.07, 6.45) is 11.1. The van der Waals surface area contributed by atoms with E-state index in [1.165, 1.54) is 6.39 Å². The Kier molecular flexibility index (Phi) is 7.95. The number of allylic oxidation sites excluding steroid dienone is 4. The zero-order valence-corrected chi connectivity index (χ0v) is 16.9. The Hall–Kier alpha value is -3.15. The number of aromatic nitrogens is 1. The Balaban J connectivity index is 2.01. The third-order valence-electron chi connectivity index (χ3n) is 4.72. The first kappa shape index (κ1) is 22.1.